The molecule has 52 valence electrons. The summed E-state index contributed by atoms with van der Waals surface area (Å²) in [5.41, 5.74) is 1.18. The molecule has 0 nitrogen and oxygen atoms in total. The third kappa shape index (κ3) is 2.03. The molecule has 1 aromatic carbocycles. The maximum atomic E-state index is 5.68. The lowest BCUT2D eigenvalue weighted by molar-refractivity contribution is 1.24. The van der Waals surface area contributed by atoms with Crippen molar-refractivity contribution in [3.8, 4) is 0 Å². The summed E-state index contributed by atoms with van der Waals surface area (Å²) in [6.07, 6.45) is 2.87. The van der Waals surface area contributed by atoms with Crippen LogP contribution >= 0.6 is 11.6 Å². The molecule has 0 aliphatic heterocycles. The summed E-state index contributed by atoms with van der Waals surface area (Å²) in [4.78, 5) is 0. The molecule has 0 aliphatic rings. The Bertz CT molecular complexity index is 188. The minimum absolute atomic E-state index is 0.779. The topological polar surface area (TPSA) is 0 Å². The van der Waals surface area contributed by atoms with Crippen LogP contribution in [0.4, 0.5) is 0 Å². The Balaban J connectivity index is 2.69. The molecule has 0 spiro atoms. The fourth-order valence-electron chi connectivity index (χ4n) is 0.766. The molecule has 0 aliphatic carbocycles. The molecule has 0 saturated carbocycles. The first kappa shape index (κ1) is 7.62. The molecule has 0 aromatic heterocycles. The van der Waals surface area contributed by atoms with E-state index in [1.165, 1.54) is 5.56 Å². The predicted molar refractivity (Wildman–Crippen MR) is 44.8 cm³/mol. The Hall–Kier alpha value is -0.490. The van der Waals surface area contributed by atoms with Crippen molar-refractivity contribution in [3.05, 3.63) is 48.2 Å². The van der Waals surface area contributed by atoms with Gasteiger partial charge in [0.1, 0.15) is 0 Å². The number of rotatable bonds is 2. The fourth-order valence-corrected chi connectivity index (χ4v) is 0.892. The second kappa shape index (κ2) is 3.62. The van der Waals surface area contributed by atoms with E-state index >= 15 is 0 Å². The van der Waals surface area contributed by atoms with Crippen LogP contribution in [0.1, 0.15) is 12.0 Å². The lowest BCUT2D eigenvalue weighted by atomic mass is 10.1. The third-order valence-electron chi connectivity index (χ3n) is 1.25. The highest BCUT2D eigenvalue weighted by Gasteiger charge is 1.89. The van der Waals surface area contributed by atoms with Crippen LogP contribution in [-0.4, -0.2) is 0 Å². The van der Waals surface area contributed by atoms with Crippen molar-refractivity contribution in [2.24, 2.45) is 0 Å². The van der Waals surface area contributed by atoms with Gasteiger partial charge in [0.15, 0.2) is 0 Å². The third-order valence-corrected chi connectivity index (χ3v) is 1.50. The minimum atomic E-state index is 0.779. The van der Waals surface area contributed by atoms with E-state index in [2.05, 4.69) is 13.3 Å². The first-order chi connectivity index (χ1) is 4.83. The van der Waals surface area contributed by atoms with Gasteiger partial charge in [-0.25, -0.2) is 0 Å². The lowest BCUT2D eigenvalue weighted by Gasteiger charge is -1.95. The zero-order valence-electron chi connectivity index (χ0n) is 5.68. The number of benzene rings is 1. The van der Waals surface area contributed by atoms with E-state index in [1.54, 1.807) is 0 Å². The van der Waals surface area contributed by atoms with E-state index in [4.69, 9.17) is 11.6 Å². The van der Waals surface area contributed by atoms with E-state index in [0.29, 0.717) is 0 Å². The highest BCUT2D eigenvalue weighted by atomic mass is 35.5. The van der Waals surface area contributed by atoms with E-state index in [0.717, 1.165) is 11.4 Å². The first-order valence-corrected chi connectivity index (χ1v) is 3.59. The molecular formula is C9H9Cl. The molecule has 1 rings (SSSR count). The van der Waals surface area contributed by atoms with E-state index < -0.39 is 0 Å². The molecule has 1 aromatic rings. The highest BCUT2D eigenvalue weighted by molar-refractivity contribution is 6.30. The van der Waals surface area contributed by atoms with Crippen LogP contribution in [0.5, 0.6) is 0 Å². The maximum absolute atomic E-state index is 5.68. The molecule has 0 atom stereocenters. The number of halogens is 1. The van der Waals surface area contributed by atoms with Gasteiger partial charge in [0, 0.05) is 5.02 Å². The SMILES string of the molecule is [CH2]C[CH]c1ccc(Cl)cc1. The van der Waals surface area contributed by atoms with Crippen LogP contribution in [0.25, 0.3) is 0 Å². The van der Waals surface area contributed by atoms with Gasteiger partial charge in [0.05, 0.1) is 0 Å². The standard InChI is InChI=1S/C9H9Cl/c1-2-3-8-4-6-9(10)7-5-8/h3-7H,1-2H2. The number of hydrogen-bond donors (Lipinski definition) is 0. The van der Waals surface area contributed by atoms with Crippen molar-refractivity contribution < 1.29 is 0 Å². The van der Waals surface area contributed by atoms with Crippen LogP contribution in [0.2, 0.25) is 5.02 Å². The molecule has 10 heavy (non-hydrogen) atoms. The van der Waals surface area contributed by atoms with Crippen LogP contribution in [0.3, 0.4) is 0 Å². The van der Waals surface area contributed by atoms with E-state index in [-0.39, 0.29) is 0 Å². The average Bonchev–Trinajstić information content (AvgIpc) is 1.95. The van der Waals surface area contributed by atoms with E-state index in [9.17, 15) is 0 Å². The first-order valence-electron chi connectivity index (χ1n) is 3.21. The van der Waals surface area contributed by atoms with Gasteiger partial charge in [-0.3, -0.25) is 0 Å². The van der Waals surface area contributed by atoms with E-state index in [1.807, 2.05) is 24.3 Å². The van der Waals surface area contributed by atoms with Crippen molar-refractivity contribution in [3.63, 3.8) is 0 Å². The second-order valence-corrected chi connectivity index (χ2v) is 2.48. The molecule has 0 N–H and O–H groups in total. The summed E-state index contributed by atoms with van der Waals surface area (Å²) in [5.74, 6) is 0. The Morgan fingerprint density at radius 2 is 1.90 bits per heavy atom. The fraction of sp³-hybridized carbons (Fsp3) is 0.111. The minimum Gasteiger partial charge on any atom is -0.0843 e. The highest BCUT2D eigenvalue weighted by Crippen LogP contribution is 2.11. The largest absolute Gasteiger partial charge is 0.0843 e. The predicted octanol–water partition coefficient (Wildman–Crippen LogP) is 3.12. The van der Waals surface area contributed by atoms with Gasteiger partial charge in [-0.15, -0.1) is 0 Å². The van der Waals surface area contributed by atoms with Crippen LogP contribution < -0.4 is 0 Å². The maximum Gasteiger partial charge on any atom is 0.0406 e. The van der Waals surface area contributed by atoms with Crippen LogP contribution in [0, 0.1) is 13.3 Å². The van der Waals surface area contributed by atoms with Crippen molar-refractivity contribution in [1.82, 2.24) is 0 Å². The summed E-state index contributed by atoms with van der Waals surface area (Å²) >= 11 is 5.68. The Morgan fingerprint density at radius 1 is 1.30 bits per heavy atom. The Morgan fingerprint density at radius 3 is 2.40 bits per heavy atom. The van der Waals surface area contributed by atoms with Crippen molar-refractivity contribution >= 4 is 11.6 Å². The van der Waals surface area contributed by atoms with Gasteiger partial charge >= 0.3 is 0 Å². The zero-order chi connectivity index (χ0) is 7.40. The molecular weight excluding hydrogens is 144 g/mol. The summed E-state index contributed by atoms with van der Waals surface area (Å²) in [7, 11) is 0. The lowest BCUT2D eigenvalue weighted by Crippen LogP contribution is -1.77. The van der Waals surface area contributed by atoms with Gasteiger partial charge in [-0.05, 0) is 30.5 Å². The summed E-state index contributed by atoms with van der Waals surface area (Å²) < 4.78 is 0. The van der Waals surface area contributed by atoms with Crippen LogP contribution in [0.15, 0.2) is 24.3 Å². The monoisotopic (exact) mass is 152 g/mol. The van der Waals surface area contributed by atoms with Gasteiger partial charge in [0.2, 0.25) is 0 Å². The van der Waals surface area contributed by atoms with Gasteiger partial charge in [-0.2, -0.15) is 0 Å². The molecule has 0 amide bonds. The summed E-state index contributed by atoms with van der Waals surface area (Å²) in [6, 6.07) is 7.72. The Labute approximate surface area is 66.8 Å². The van der Waals surface area contributed by atoms with Gasteiger partial charge in [0.25, 0.3) is 0 Å². The van der Waals surface area contributed by atoms with Crippen molar-refractivity contribution in [1.29, 1.82) is 0 Å². The van der Waals surface area contributed by atoms with Crippen molar-refractivity contribution in [2.75, 3.05) is 0 Å². The molecule has 0 bridgehead atoms. The van der Waals surface area contributed by atoms with Gasteiger partial charge < -0.3 is 0 Å². The molecule has 0 unspecified atom stereocenters. The normalized spacial score (nSPS) is 9.80. The smallest absolute Gasteiger partial charge is 0.0406 e. The zero-order valence-corrected chi connectivity index (χ0v) is 6.43. The molecule has 1 heteroatoms. The summed E-state index contributed by atoms with van der Waals surface area (Å²) in [5, 5.41) is 0.779. The summed E-state index contributed by atoms with van der Waals surface area (Å²) in [6.45, 7) is 3.71. The molecule has 0 saturated heterocycles. The molecule has 2 radical (unpaired) electrons. The number of hydrogen-bond acceptors (Lipinski definition) is 0. The quantitative estimate of drug-likeness (QED) is 0.611. The van der Waals surface area contributed by atoms with Crippen molar-refractivity contribution in [2.45, 2.75) is 6.42 Å². The molecule has 0 heterocycles. The second-order valence-electron chi connectivity index (χ2n) is 2.04. The van der Waals surface area contributed by atoms with Gasteiger partial charge in [-0.1, -0.05) is 30.7 Å². The molecule has 0 fully saturated rings. The average molecular weight is 153 g/mol. The Kier molecular flexibility index (Phi) is 2.76. The van der Waals surface area contributed by atoms with Crippen LogP contribution in [-0.2, 0) is 0 Å².